The lowest BCUT2D eigenvalue weighted by Crippen LogP contribution is -2.39. The number of nitrogens with one attached hydrogen (secondary N) is 2. The Bertz CT molecular complexity index is 670. The van der Waals surface area contributed by atoms with Crippen LogP contribution in [0.3, 0.4) is 0 Å². The summed E-state index contributed by atoms with van der Waals surface area (Å²) in [5, 5.41) is 6.06. The highest BCUT2D eigenvalue weighted by Crippen LogP contribution is 2.13. The third-order valence-electron chi connectivity index (χ3n) is 3.21. The van der Waals surface area contributed by atoms with Crippen molar-refractivity contribution in [1.29, 1.82) is 0 Å². The molecule has 0 saturated carbocycles. The highest BCUT2D eigenvalue weighted by Gasteiger charge is 2.06. The van der Waals surface area contributed by atoms with E-state index in [-0.39, 0.29) is 12.0 Å². The first-order chi connectivity index (χ1) is 11.5. The molecule has 5 heteroatoms. The Morgan fingerprint density at radius 2 is 1.71 bits per heavy atom. The molecule has 2 rings (SSSR count). The van der Waals surface area contributed by atoms with Gasteiger partial charge in [0.15, 0.2) is 5.11 Å². The summed E-state index contributed by atoms with van der Waals surface area (Å²) in [6.45, 7) is 4.53. The average molecular weight is 342 g/mol. The fourth-order valence-electron chi connectivity index (χ4n) is 2.14. The van der Waals surface area contributed by atoms with Crippen LogP contribution in [0.5, 0.6) is 5.75 Å². The summed E-state index contributed by atoms with van der Waals surface area (Å²) in [5.41, 5.74) is 2.02. The van der Waals surface area contributed by atoms with Crippen molar-refractivity contribution < 1.29 is 9.53 Å². The minimum absolute atomic E-state index is 0.126. The van der Waals surface area contributed by atoms with E-state index >= 15 is 0 Å². The van der Waals surface area contributed by atoms with Gasteiger partial charge in [-0.25, -0.2) is 0 Å². The van der Waals surface area contributed by atoms with Gasteiger partial charge in [-0.1, -0.05) is 42.5 Å². The van der Waals surface area contributed by atoms with Crippen LogP contribution in [-0.2, 0) is 17.8 Å². The molecule has 0 aliphatic heterocycles. The van der Waals surface area contributed by atoms with Crippen LogP contribution in [0, 0.1) is 0 Å². The second kappa shape index (κ2) is 9.03. The first kappa shape index (κ1) is 17.9. The van der Waals surface area contributed by atoms with Crippen LogP contribution in [0.2, 0.25) is 0 Å². The van der Waals surface area contributed by atoms with E-state index in [9.17, 15) is 4.79 Å². The van der Waals surface area contributed by atoms with Crippen LogP contribution in [0.4, 0.5) is 0 Å². The summed E-state index contributed by atoms with van der Waals surface area (Å²) < 4.78 is 5.60. The molecule has 2 aromatic carbocycles. The van der Waals surface area contributed by atoms with Crippen molar-refractivity contribution in [3.8, 4) is 5.75 Å². The van der Waals surface area contributed by atoms with E-state index in [1.54, 1.807) is 0 Å². The van der Waals surface area contributed by atoms with Crippen molar-refractivity contribution in [2.75, 3.05) is 0 Å². The lowest BCUT2D eigenvalue weighted by molar-refractivity contribution is -0.119. The molecule has 24 heavy (non-hydrogen) atoms. The fourth-order valence-corrected chi connectivity index (χ4v) is 2.32. The molecule has 0 fully saturated rings. The first-order valence-corrected chi connectivity index (χ1v) is 8.31. The molecule has 0 aliphatic rings. The molecule has 4 nitrogen and oxygen atoms in total. The van der Waals surface area contributed by atoms with Gasteiger partial charge in [0.25, 0.3) is 0 Å². The molecule has 0 bridgehead atoms. The normalized spacial score (nSPS) is 10.3. The van der Waals surface area contributed by atoms with Crippen molar-refractivity contribution in [3.05, 3.63) is 65.7 Å². The van der Waals surface area contributed by atoms with E-state index in [4.69, 9.17) is 17.0 Å². The van der Waals surface area contributed by atoms with Gasteiger partial charge in [-0.05, 0) is 49.3 Å². The molecule has 0 aliphatic carbocycles. The Morgan fingerprint density at radius 1 is 1.04 bits per heavy atom. The smallest absolute Gasteiger partial charge is 0.230 e. The van der Waals surface area contributed by atoms with Crippen molar-refractivity contribution >= 4 is 23.2 Å². The lowest BCUT2D eigenvalue weighted by Gasteiger charge is -2.12. The topological polar surface area (TPSA) is 50.4 Å². The van der Waals surface area contributed by atoms with E-state index in [2.05, 4.69) is 10.6 Å². The van der Waals surface area contributed by atoms with Gasteiger partial charge in [0.2, 0.25) is 5.91 Å². The zero-order chi connectivity index (χ0) is 17.4. The molecule has 0 saturated heterocycles. The quantitative estimate of drug-likeness (QED) is 0.792. The van der Waals surface area contributed by atoms with Gasteiger partial charge in [-0.2, -0.15) is 0 Å². The summed E-state index contributed by atoms with van der Waals surface area (Å²) in [6.07, 6.45) is 0.463. The minimum Gasteiger partial charge on any atom is -0.491 e. The molecule has 0 atom stereocenters. The third kappa shape index (κ3) is 6.38. The molecule has 0 radical (unpaired) electrons. The summed E-state index contributed by atoms with van der Waals surface area (Å²) in [7, 11) is 0. The highest BCUT2D eigenvalue weighted by molar-refractivity contribution is 7.80. The van der Waals surface area contributed by atoms with Crippen molar-refractivity contribution in [3.63, 3.8) is 0 Å². The maximum Gasteiger partial charge on any atom is 0.230 e. The van der Waals surface area contributed by atoms with Crippen LogP contribution < -0.4 is 15.4 Å². The van der Waals surface area contributed by atoms with Crippen molar-refractivity contribution in [2.45, 2.75) is 32.9 Å². The van der Waals surface area contributed by atoms with Crippen LogP contribution >= 0.6 is 12.2 Å². The predicted molar refractivity (Wildman–Crippen MR) is 99.9 cm³/mol. The zero-order valence-electron chi connectivity index (χ0n) is 13.9. The summed E-state index contributed by atoms with van der Waals surface area (Å²) >= 11 is 5.16. The molecule has 0 unspecified atom stereocenters. The number of thiocarbonyl (C=S) groups is 1. The molecule has 0 spiro atoms. The maximum absolute atomic E-state index is 11.9. The molecular formula is C19H22N2O2S. The zero-order valence-corrected chi connectivity index (χ0v) is 14.7. The Hall–Kier alpha value is -2.40. The minimum atomic E-state index is -0.126. The molecule has 2 aromatic rings. The van der Waals surface area contributed by atoms with E-state index in [1.165, 1.54) is 0 Å². The summed E-state index contributed by atoms with van der Waals surface area (Å²) in [5.74, 6) is 0.715. The first-order valence-electron chi connectivity index (χ1n) is 7.90. The number of carbonyl (C=O) groups is 1. The van der Waals surface area contributed by atoms with Crippen LogP contribution in [0.15, 0.2) is 54.6 Å². The van der Waals surface area contributed by atoms with Gasteiger partial charge < -0.3 is 15.4 Å². The van der Waals surface area contributed by atoms with E-state index in [1.807, 2.05) is 68.4 Å². The number of carbonyl (C=O) groups excluding carboxylic acids is 1. The average Bonchev–Trinajstić information content (AvgIpc) is 2.54. The Labute approximate surface area is 148 Å². The Morgan fingerprint density at radius 3 is 2.33 bits per heavy atom. The number of hydrogen-bond acceptors (Lipinski definition) is 3. The second-order valence-electron chi connectivity index (χ2n) is 5.70. The summed E-state index contributed by atoms with van der Waals surface area (Å²) in [4.78, 5) is 11.9. The predicted octanol–water partition coefficient (Wildman–Crippen LogP) is 3.21. The number of ether oxygens (including phenoxy) is 1. The fraction of sp³-hybridized carbons (Fsp3) is 0.263. The molecule has 1 amide bonds. The van der Waals surface area contributed by atoms with Gasteiger partial charge in [0.1, 0.15) is 5.75 Å². The van der Waals surface area contributed by atoms with E-state index < -0.39 is 0 Å². The number of amides is 1. The Kier molecular flexibility index (Phi) is 6.75. The van der Waals surface area contributed by atoms with E-state index in [0.29, 0.717) is 18.1 Å². The van der Waals surface area contributed by atoms with Crippen molar-refractivity contribution in [2.24, 2.45) is 0 Å². The van der Waals surface area contributed by atoms with Crippen LogP contribution in [0.1, 0.15) is 25.0 Å². The summed E-state index contributed by atoms with van der Waals surface area (Å²) in [6, 6.07) is 17.4. The lowest BCUT2D eigenvalue weighted by atomic mass is 10.1. The second-order valence-corrected chi connectivity index (χ2v) is 6.11. The van der Waals surface area contributed by atoms with Crippen LogP contribution in [0.25, 0.3) is 0 Å². The Balaban J connectivity index is 1.75. The van der Waals surface area contributed by atoms with E-state index in [0.717, 1.165) is 16.9 Å². The van der Waals surface area contributed by atoms with Gasteiger partial charge in [0, 0.05) is 6.54 Å². The standard InChI is InChI=1S/C19H22N2O2S/c1-14(2)23-17-10-8-16(9-11-17)13-20-19(24)21-18(22)12-15-6-4-3-5-7-15/h3-11,14H,12-13H2,1-2H3,(H2,20,21,22,24). The molecule has 2 N–H and O–H groups in total. The van der Waals surface area contributed by atoms with Gasteiger partial charge >= 0.3 is 0 Å². The van der Waals surface area contributed by atoms with Gasteiger partial charge in [-0.15, -0.1) is 0 Å². The number of hydrogen-bond donors (Lipinski definition) is 2. The molecule has 0 heterocycles. The molecule has 0 aromatic heterocycles. The SMILES string of the molecule is CC(C)Oc1ccc(CNC(=S)NC(=O)Cc2ccccc2)cc1. The van der Waals surface area contributed by atoms with Gasteiger partial charge in [0.05, 0.1) is 12.5 Å². The maximum atomic E-state index is 11.9. The molecular weight excluding hydrogens is 320 g/mol. The highest BCUT2D eigenvalue weighted by atomic mass is 32.1. The van der Waals surface area contributed by atoms with Crippen molar-refractivity contribution in [1.82, 2.24) is 10.6 Å². The number of benzene rings is 2. The number of rotatable bonds is 6. The largest absolute Gasteiger partial charge is 0.491 e. The van der Waals surface area contributed by atoms with Gasteiger partial charge in [-0.3, -0.25) is 4.79 Å². The third-order valence-corrected chi connectivity index (χ3v) is 3.46. The van der Waals surface area contributed by atoms with Crippen LogP contribution in [-0.4, -0.2) is 17.1 Å². The monoisotopic (exact) mass is 342 g/mol. The molecule has 126 valence electrons.